The number of pyridine rings is 1. The predicted octanol–water partition coefficient (Wildman–Crippen LogP) is 0.704. The van der Waals surface area contributed by atoms with Gasteiger partial charge in [-0.25, -0.2) is 19.0 Å². The monoisotopic (exact) mass is 546 g/mol. The highest BCUT2D eigenvalue weighted by atomic mass is 19.4. The highest BCUT2D eigenvalue weighted by Crippen LogP contribution is 2.20. The molecule has 0 bridgehead atoms. The van der Waals surface area contributed by atoms with Gasteiger partial charge in [0.15, 0.2) is 11.3 Å². The first-order valence-corrected chi connectivity index (χ1v) is 11.3. The second-order valence-corrected chi connectivity index (χ2v) is 8.02. The van der Waals surface area contributed by atoms with Crippen molar-refractivity contribution in [1.29, 1.82) is 0 Å². The molecule has 0 saturated carbocycles. The summed E-state index contributed by atoms with van der Waals surface area (Å²) in [6, 6.07) is 5.37. The van der Waals surface area contributed by atoms with Crippen molar-refractivity contribution in [2.45, 2.75) is 6.18 Å². The summed E-state index contributed by atoms with van der Waals surface area (Å²) in [5.41, 5.74) is 6.90. The van der Waals surface area contributed by atoms with Gasteiger partial charge in [-0.3, -0.25) is 14.6 Å². The van der Waals surface area contributed by atoms with Crippen LogP contribution in [0.25, 0.3) is 11.3 Å². The van der Waals surface area contributed by atoms with E-state index in [1.54, 1.807) is 30.7 Å². The highest BCUT2D eigenvalue weighted by Gasteiger charge is 2.38. The van der Waals surface area contributed by atoms with Gasteiger partial charge in [-0.05, 0) is 18.2 Å². The average molecular weight is 546 g/mol. The number of aromatic nitrogens is 6. The van der Waals surface area contributed by atoms with E-state index in [1.807, 2.05) is 6.07 Å². The number of nitrogens with one attached hydrogen (secondary N) is 2. The van der Waals surface area contributed by atoms with Gasteiger partial charge in [0.2, 0.25) is 0 Å². The average Bonchev–Trinajstić information content (AvgIpc) is 3.54. The van der Waals surface area contributed by atoms with Crippen LogP contribution in [-0.4, -0.2) is 84.6 Å². The molecule has 4 aromatic heterocycles. The number of nitrogens with two attached hydrogens (primary N) is 1. The summed E-state index contributed by atoms with van der Waals surface area (Å²) in [6.07, 6.45) is 2.84. The maximum Gasteiger partial charge on any atom is 0.490 e. The number of nitrogens with zero attached hydrogens (tertiary/aromatic N) is 7. The van der Waals surface area contributed by atoms with E-state index in [0.717, 1.165) is 32.0 Å². The number of piperazine rings is 1. The van der Waals surface area contributed by atoms with Crippen LogP contribution >= 0.6 is 0 Å². The molecule has 0 spiro atoms. The van der Waals surface area contributed by atoms with Crippen molar-refractivity contribution in [3.05, 3.63) is 60.4 Å². The summed E-state index contributed by atoms with van der Waals surface area (Å²) in [7, 11) is 0. The van der Waals surface area contributed by atoms with E-state index < -0.39 is 24.0 Å². The highest BCUT2D eigenvalue weighted by molar-refractivity contribution is 6.10. The lowest BCUT2D eigenvalue weighted by Gasteiger charge is -2.28. The Hall–Kier alpha value is -5.06. The van der Waals surface area contributed by atoms with Crippen LogP contribution in [0, 0.1) is 0 Å². The van der Waals surface area contributed by atoms with Crippen molar-refractivity contribution in [3.63, 3.8) is 0 Å². The Morgan fingerprint density at radius 3 is 2.46 bits per heavy atom. The molecule has 0 atom stereocenters. The van der Waals surface area contributed by atoms with Gasteiger partial charge in [0.05, 0.1) is 30.0 Å². The molecule has 2 amide bonds. The third kappa shape index (κ3) is 6.27. The molecule has 0 aliphatic carbocycles. The van der Waals surface area contributed by atoms with Crippen LogP contribution < -0.4 is 21.3 Å². The molecule has 4 aromatic rings. The summed E-state index contributed by atoms with van der Waals surface area (Å²) < 4.78 is 34.7. The Morgan fingerprint density at radius 1 is 1.13 bits per heavy atom. The van der Waals surface area contributed by atoms with Crippen LogP contribution in [0.4, 0.5) is 24.7 Å². The molecule has 0 aromatic carbocycles. The lowest BCUT2D eigenvalue weighted by molar-refractivity contribution is -0.192. The molecule has 5 N–H and O–H groups in total. The molecule has 1 fully saturated rings. The van der Waals surface area contributed by atoms with Gasteiger partial charge < -0.3 is 26.4 Å². The number of primary amides is 1. The third-order valence-corrected chi connectivity index (χ3v) is 5.39. The first-order valence-electron chi connectivity index (χ1n) is 11.3. The van der Waals surface area contributed by atoms with E-state index in [0.29, 0.717) is 11.3 Å². The molecular formula is C22H21F3N10O4. The molecule has 204 valence electrons. The van der Waals surface area contributed by atoms with Crippen molar-refractivity contribution in [2.24, 2.45) is 5.73 Å². The second-order valence-electron chi connectivity index (χ2n) is 8.02. The Labute approximate surface area is 217 Å². The van der Waals surface area contributed by atoms with Crippen LogP contribution in [0.1, 0.15) is 20.8 Å². The minimum Gasteiger partial charge on any atom is -0.475 e. The Balaban J connectivity index is 0.000000448. The number of halogens is 3. The predicted molar refractivity (Wildman–Crippen MR) is 130 cm³/mol. The molecule has 1 saturated heterocycles. The lowest BCUT2D eigenvalue weighted by Crippen LogP contribution is -2.43. The van der Waals surface area contributed by atoms with Gasteiger partial charge in [-0.1, -0.05) is 0 Å². The lowest BCUT2D eigenvalue weighted by atomic mass is 10.3. The van der Waals surface area contributed by atoms with Crippen LogP contribution in [0.2, 0.25) is 0 Å². The Bertz CT molecular complexity index is 1500. The van der Waals surface area contributed by atoms with Gasteiger partial charge in [0, 0.05) is 38.6 Å². The molecule has 17 heteroatoms. The van der Waals surface area contributed by atoms with Gasteiger partial charge in [-0.2, -0.15) is 23.4 Å². The molecule has 0 radical (unpaired) electrons. The molecule has 1 aliphatic rings. The Morgan fingerprint density at radius 2 is 1.85 bits per heavy atom. The summed E-state index contributed by atoms with van der Waals surface area (Å²) in [6.45, 7) is 3.40. The zero-order chi connectivity index (χ0) is 28.2. The fourth-order valence-electron chi connectivity index (χ4n) is 3.55. The van der Waals surface area contributed by atoms with Crippen molar-refractivity contribution in [1.82, 2.24) is 34.7 Å². The number of carboxylic acids is 1. The number of fused-ring (bicyclic) bond motifs is 1. The van der Waals surface area contributed by atoms with Gasteiger partial charge in [0.1, 0.15) is 11.4 Å². The van der Waals surface area contributed by atoms with Crippen LogP contribution in [0.3, 0.4) is 0 Å². The maximum atomic E-state index is 13.1. The molecule has 39 heavy (non-hydrogen) atoms. The van der Waals surface area contributed by atoms with E-state index in [9.17, 15) is 22.8 Å². The number of anilines is 2. The van der Waals surface area contributed by atoms with Gasteiger partial charge >= 0.3 is 12.1 Å². The Kier molecular flexibility index (Phi) is 7.70. The summed E-state index contributed by atoms with van der Waals surface area (Å²) in [5, 5.41) is 21.6. The number of carboxylic acid groups (broad SMARTS) is 1. The minimum atomic E-state index is -5.08. The minimum absolute atomic E-state index is 0.0619. The summed E-state index contributed by atoms with van der Waals surface area (Å²) >= 11 is 0. The number of amides is 2. The number of carbonyl (C=O) groups is 3. The molecule has 5 heterocycles. The summed E-state index contributed by atoms with van der Waals surface area (Å²) in [4.78, 5) is 44.7. The van der Waals surface area contributed by atoms with Crippen molar-refractivity contribution in [2.75, 3.05) is 36.4 Å². The van der Waals surface area contributed by atoms with E-state index in [1.165, 1.54) is 21.6 Å². The quantitative estimate of drug-likeness (QED) is 0.278. The van der Waals surface area contributed by atoms with Crippen LogP contribution in [0.5, 0.6) is 0 Å². The zero-order valence-corrected chi connectivity index (χ0v) is 20.0. The van der Waals surface area contributed by atoms with E-state index in [4.69, 9.17) is 15.6 Å². The fraction of sp³-hybridized carbons (Fsp3) is 0.227. The molecule has 14 nitrogen and oxygen atoms in total. The normalized spacial score (nSPS) is 13.5. The smallest absolute Gasteiger partial charge is 0.475 e. The SMILES string of the molecule is NC(=O)c1nn(-c2cccnc2)cc1NC(=O)c1cnn2ccc(N3CCNCC3)nc12.O=C(O)C(F)(F)F. The molecule has 5 rings (SSSR count). The van der Waals surface area contributed by atoms with Crippen molar-refractivity contribution >= 4 is 34.9 Å². The van der Waals surface area contributed by atoms with Crippen LogP contribution in [-0.2, 0) is 4.79 Å². The largest absolute Gasteiger partial charge is 0.490 e. The fourth-order valence-corrected chi connectivity index (χ4v) is 3.55. The van der Waals surface area contributed by atoms with E-state index in [-0.39, 0.29) is 16.9 Å². The standard InChI is InChI=1S/C20H20N10O2.C2HF3O2/c21-18(31)17-15(12-30(27-17)13-2-1-4-23-10-13)25-20(32)14-11-24-29-7-3-16(26-19(14)29)28-8-5-22-6-9-28;3-2(4,5)1(6)7/h1-4,7,10-12,22H,5-6,8-9H2,(H2,21,31)(H,25,32);(H,6,7). The number of rotatable bonds is 5. The maximum absolute atomic E-state index is 13.1. The van der Waals surface area contributed by atoms with E-state index >= 15 is 0 Å². The zero-order valence-electron chi connectivity index (χ0n) is 20.0. The number of hydrogen-bond acceptors (Lipinski definition) is 9. The number of alkyl halides is 3. The molecule has 0 unspecified atom stereocenters. The second kappa shape index (κ2) is 11.1. The number of hydrogen-bond donors (Lipinski definition) is 4. The van der Waals surface area contributed by atoms with Crippen molar-refractivity contribution < 1.29 is 32.7 Å². The topological polar surface area (TPSA) is 186 Å². The van der Waals surface area contributed by atoms with Gasteiger partial charge in [0.25, 0.3) is 11.8 Å². The number of aliphatic carboxylic acids is 1. The molecule has 1 aliphatic heterocycles. The molecular weight excluding hydrogens is 525 g/mol. The van der Waals surface area contributed by atoms with Gasteiger partial charge in [-0.15, -0.1) is 0 Å². The van der Waals surface area contributed by atoms with Crippen LogP contribution in [0.15, 0.2) is 49.2 Å². The number of carbonyl (C=O) groups excluding carboxylic acids is 2. The van der Waals surface area contributed by atoms with E-state index in [2.05, 4.69) is 35.7 Å². The summed E-state index contributed by atoms with van der Waals surface area (Å²) in [5.74, 6) is -3.22. The first kappa shape index (κ1) is 27.0. The third-order valence-electron chi connectivity index (χ3n) is 5.39. The van der Waals surface area contributed by atoms with Crippen molar-refractivity contribution in [3.8, 4) is 5.69 Å². The first-order chi connectivity index (χ1) is 18.5.